The van der Waals surface area contributed by atoms with Crippen LogP contribution in [0.15, 0.2) is 54.6 Å². The highest BCUT2D eigenvalue weighted by Crippen LogP contribution is 2.28. The monoisotopic (exact) mass is 417 g/mol. The summed E-state index contributed by atoms with van der Waals surface area (Å²) < 4.78 is 5.04. The van der Waals surface area contributed by atoms with E-state index in [2.05, 4.69) is 17.2 Å². The minimum Gasteiger partial charge on any atom is -0.462 e. The number of benzene rings is 2. The van der Waals surface area contributed by atoms with E-state index in [9.17, 15) is 9.59 Å². The Labute approximate surface area is 182 Å². The van der Waals surface area contributed by atoms with Crippen LogP contribution in [0.25, 0.3) is 10.9 Å². The predicted molar refractivity (Wildman–Crippen MR) is 122 cm³/mol. The van der Waals surface area contributed by atoms with Crippen LogP contribution in [0.5, 0.6) is 0 Å². The molecule has 0 radical (unpaired) electrons. The van der Waals surface area contributed by atoms with Crippen LogP contribution in [0.4, 0.5) is 11.4 Å². The van der Waals surface area contributed by atoms with Gasteiger partial charge in [0.1, 0.15) is 5.69 Å². The number of rotatable bonds is 5. The van der Waals surface area contributed by atoms with Gasteiger partial charge in [-0.1, -0.05) is 25.1 Å². The zero-order chi connectivity index (χ0) is 21.8. The average molecular weight is 418 g/mol. The Morgan fingerprint density at radius 2 is 1.81 bits per heavy atom. The van der Waals surface area contributed by atoms with Crippen LogP contribution >= 0.6 is 0 Å². The molecule has 1 aromatic heterocycles. The molecule has 1 saturated heterocycles. The summed E-state index contributed by atoms with van der Waals surface area (Å²) in [6.07, 6.45) is 2.05. The molecule has 1 aliphatic heterocycles. The third-order valence-electron chi connectivity index (χ3n) is 5.68. The number of ether oxygens (including phenoxy) is 1. The van der Waals surface area contributed by atoms with Crippen molar-refractivity contribution in [3.05, 3.63) is 65.9 Å². The number of pyridine rings is 1. The normalized spacial score (nSPS) is 14.5. The Morgan fingerprint density at radius 1 is 1.10 bits per heavy atom. The quantitative estimate of drug-likeness (QED) is 0.590. The summed E-state index contributed by atoms with van der Waals surface area (Å²) in [5.74, 6) is 0.286. The maximum absolute atomic E-state index is 13.1. The topological polar surface area (TPSA) is 71.5 Å². The van der Waals surface area contributed by atoms with E-state index in [0.717, 1.165) is 48.2 Å². The summed E-state index contributed by atoms with van der Waals surface area (Å²) in [7, 11) is 0. The Hall–Kier alpha value is -3.41. The molecule has 31 heavy (non-hydrogen) atoms. The van der Waals surface area contributed by atoms with Gasteiger partial charge in [0.25, 0.3) is 5.91 Å². The maximum atomic E-state index is 13.1. The average Bonchev–Trinajstić information content (AvgIpc) is 2.79. The number of amides is 1. The summed E-state index contributed by atoms with van der Waals surface area (Å²) in [5, 5.41) is 4.32. The van der Waals surface area contributed by atoms with Crippen molar-refractivity contribution in [1.29, 1.82) is 0 Å². The summed E-state index contributed by atoms with van der Waals surface area (Å²) >= 11 is 0. The highest BCUT2D eigenvalue weighted by Gasteiger charge is 2.23. The summed E-state index contributed by atoms with van der Waals surface area (Å²) in [5.41, 5.74) is 3.34. The van der Waals surface area contributed by atoms with Crippen LogP contribution in [0.1, 0.15) is 47.5 Å². The van der Waals surface area contributed by atoms with E-state index in [1.807, 2.05) is 47.4 Å². The summed E-state index contributed by atoms with van der Waals surface area (Å²) in [4.78, 5) is 31.5. The number of hydrogen-bond acceptors (Lipinski definition) is 5. The summed E-state index contributed by atoms with van der Waals surface area (Å²) in [6.45, 7) is 5.89. The van der Waals surface area contributed by atoms with Gasteiger partial charge in [-0.15, -0.1) is 0 Å². The molecule has 160 valence electrons. The number of fused-ring (bicyclic) bond motifs is 1. The van der Waals surface area contributed by atoms with E-state index in [-0.39, 0.29) is 11.9 Å². The van der Waals surface area contributed by atoms with Crippen molar-refractivity contribution in [3.63, 3.8) is 0 Å². The minimum atomic E-state index is -0.341. The largest absolute Gasteiger partial charge is 0.462 e. The predicted octanol–water partition coefficient (Wildman–Crippen LogP) is 5.03. The molecule has 2 heterocycles. The molecule has 1 fully saturated rings. The number of hydrogen-bond donors (Lipinski definition) is 1. The first-order chi connectivity index (χ1) is 15.0. The third kappa shape index (κ3) is 4.68. The molecule has 0 saturated carbocycles. The molecular weight excluding hydrogens is 390 g/mol. The first kappa shape index (κ1) is 20.8. The number of nitrogens with one attached hydrogen (secondary N) is 1. The van der Waals surface area contributed by atoms with Gasteiger partial charge in [-0.05, 0) is 62.1 Å². The number of likely N-dealkylation sites (tertiary alicyclic amines) is 1. The fourth-order valence-electron chi connectivity index (χ4n) is 3.82. The van der Waals surface area contributed by atoms with Gasteiger partial charge in [0.15, 0.2) is 0 Å². The van der Waals surface area contributed by atoms with Crippen molar-refractivity contribution >= 4 is 34.2 Å². The fraction of sp³-hybridized carbons (Fsp3) is 0.320. The Balaban J connectivity index is 1.62. The zero-order valence-corrected chi connectivity index (χ0v) is 17.9. The lowest BCUT2D eigenvalue weighted by molar-refractivity contribution is 0.0526. The smallest absolute Gasteiger partial charge is 0.338 e. The van der Waals surface area contributed by atoms with Crippen molar-refractivity contribution in [2.75, 3.05) is 25.0 Å². The molecule has 6 heteroatoms. The van der Waals surface area contributed by atoms with Gasteiger partial charge in [0, 0.05) is 24.2 Å². The number of piperidine rings is 1. The van der Waals surface area contributed by atoms with Gasteiger partial charge < -0.3 is 15.0 Å². The number of para-hydroxylation sites is 1. The van der Waals surface area contributed by atoms with Crippen LogP contribution < -0.4 is 5.32 Å². The van der Waals surface area contributed by atoms with E-state index in [4.69, 9.17) is 4.74 Å². The Bertz CT molecular complexity index is 1090. The molecule has 0 aliphatic carbocycles. The molecule has 2 aromatic carbocycles. The zero-order valence-electron chi connectivity index (χ0n) is 17.9. The maximum Gasteiger partial charge on any atom is 0.338 e. The van der Waals surface area contributed by atoms with Crippen LogP contribution in [0, 0.1) is 5.92 Å². The van der Waals surface area contributed by atoms with Crippen LogP contribution in [-0.4, -0.2) is 41.5 Å². The molecule has 1 aliphatic rings. The number of aromatic nitrogens is 1. The van der Waals surface area contributed by atoms with E-state index >= 15 is 0 Å². The van der Waals surface area contributed by atoms with E-state index < -0.39 is 0 Å². The number of carbonyl (C=O) groups excluding carboxylic acids is 2. The van der Waals surface area contributed by atoms with Crippen molar-refractivity contribution in [1.82, 2.24) is 9.88 Å². The SMILES string of the molecule is CCOC(=O)c1ccc(Nc2cc(C(=O)N3CCC(C)CC3)nc3ccccc23)cc1. The molecule has 4 rings (SSSR count). The fourth-order valence-corrected chi connectivity index (χ4v) is 3.82. The molecule has 6 nitrogen and oxygen atoms in total. The van der Waals surface area contributed by atoms with E-state index in [1.54, 1.807) is 19.1 Å². The molecule has 0 unspecified atom stereocenters. The summed E-state index contributed by atoms with van der Waals surface area (Å²) in [6, 6.07) is 16.7. The highest BCUT2D eigenvalue weighted by molar-refractivity contribution is 6.00. The van der Waals surface area contributed by atoms with Crippen LogP contribution in [-0.2, 0) is 4.74 Å². The van der Waals surface area contributed by atoms with Crippen molar-refractivity contribution in [3.8, 4) is 0 Å². The molecule has 0 spiro atoms. The lowest BCUT2D eigenvalue weighted by Gasteiger charge is -2.30. The number of nitrogens with zero attached hydrogens (tertiary/aromatic N) is 2. The second kappa shape index (κ2) is 9.16. The first-order valence-corrected chi connectivity index (χ1v) is 10.8. The van der Waals surface area contributed by atoms with Crippen molar-refractivity contribution < 1.29 is 14.3 Å². The van der Waals surface area contributed by atoms with E-state index in [1.165, 1.54) is 0 Å². The second-order valence-electron chi connectivity index (χ2n) is 7.97. The first-order valence-electron chi connectivity index (χ1n) is 10.8. The molecule has 1 N–H and O–H groups in total. The van der Waals surface area contributed by atoms with Gasteiger partial charge in [-0.25, -0.2) is 9.78 Å². The van der Waals surface area contributed by atoms with Gasteiger partial charge in [-0.3, -0.25) is 4.79 Å². The lowest BCUT2D eigenvalue weighted by atomic mass is 9.99. The van der Waals surface area contributed by atoms with Crippen molar-refractivity contribution in [2.24, 2.45) is 5.92 Å². The Kier molecular flexibility index (Phi) is 6.16. The standard InChI is InChI=1S/C25H27N3O3/c1-3-31-25(30)18-8-10-19(11-9-18)26-22-16-23(27-21-7-5-4-6-20(21)22)24(29)28-14-12-17(2)13-15-28/h4-11,16-17H,3,12-15H2,1-2H3,(H,26,27). The van der Waals surface area contributed by atoms with Crippen LogP contribution in [0.2, 0.25) is 0 Å². The second-order valence-corrected chi connectivity index (χ2v) is 7.97. The number of anilines is 2. The van der Waals surface area contributed by atoms with Gasteiger partial charge >= 0.3 is 5.97 Å². The van der Waals surface area contributed by atoms with E-state index in [0.29, 0.717) is 23.8 Å². The van der Waals surface area contributed by atoms with Crippen molar-refractivity contribution in [2.45, 2.75) is 26.7 Å². The molecule has 1 amide bonds. The third-order valence-corrected chi connectivity index (χ3v) is 5.68. The number of esters is 1. The van der Waals surface area contributed by atoms with Crippen LogP contribution in [0.3, 0.4) is 0 Å². The minimum absolute atomic E-state index is 0.0293. The lowest BCUT2D eigenvalue weighted by Crippen LogP contribution is -2.38. The molecular formula is C25H27N3O3. The van der Waals surface area contributed by atoms with Gasteiger partial charge in [0.05, 0.1) is 23.4 Å². The Morgan fingerprint density at radius 3 is 2.52 bits per heavy atom. The molecule has 3 aromatic rings. The highest BCUT2D eigenvalue weighted by atomic mass is 16.5. The van der Waals surface area contributed by atoms with Gasteiger partial charge in [-0.2, -0.15) is 0 Å². The van der Waals surface area contributed by atoms with Gasteiger partial charge in [0.2, 0.25) is 0 Å². The molecule has 0 bridgehead atoms. The number of carbonyl (C=O) groups is 2. The molecule has 0 atom stereocenters.